The standard InChI is InChI=1S/C8H17NO/c9-6-8(10)5-7-3-1-2-4-7/h7-8,10H,1-6,9H2. The molecule has 0 aliphatic heterocycles. The van der Waals surface area contributed by atoms with Crippen LogP contribution in [0.2, 0.25) is 0 Å². The van der Waals surface area contributed by atoms with Crippen LogP contribution in [-0.4, -0.2) is 17.8 Å². The lowest BCUT2D eigenvalue weighted by molar-refractivity contribution is 0.150. The number of rotatable bonds is 3. The van der Waals surface area contributed by atoms with Crippen LogP contribution < -0.4 is 5.73 Å². The highest BCUT2D eigenvalue weighted by Crippen LogP contribution is 2.28. The molecule has 60 valence electrons. The lowest BCUT2D eigenvalue weighted by Crippen LogP contribution is -2.21. The van der Waals surface area contributed by atoms with Crippen molar-refractivity contribution in [1.29, 1.82) is 0 Å². The third-order valence-electron chi connectivity index (χ3n) is 2.35. The van der Waals surface area contributed by atoms with E-state index < -0.39 is 0 Å². The highest BCUT2D eigenvalue weighted by Gasteiger charge is 2.17. The molecule has 1 unspecified atom stereocenters. The van der Waals surface area contributed by atoms with E-state index in [0.29, 0.717) is 6.54 Å². The van der Waals surface area contributed by atoms with Crippen molar-refractivity contribution in [2.75, 3.05) is 6.54 Å². The summed E-state index contributed by atoms with van der Waals surface area (Å²) in [5, 5.41) is 9.19. The maximum atomic E-state index is 9.19. The Morgan fingerprint density at radius 3 is 2.50 bits per heavy atom. The molecule has 0 spiro atoms. The number of aliphatic hydroxyl groups is 1. The molecule has 1 fully saturated rings. The van der Waals surface area contributed by atoms with Gasteiger partial charge >= 0.3 is 0 Å². The Hall–Kier alpha value is -0.0800. The zero-order chi connectivity index (χ0) is 7.40. The predicted octanol–water partition coefficient (Wildman–Crippen LogP) is 0.886. The molecule has 1 rings (SSSR count). The SMILES string of the molecule is NCC(O)CC1CCCC1. The third kappa shape index (κ3) is 2.27. The van der Waals surface area contributed by atoms with Crippen molar-refractivity contribution in [3.63, 3.8) is 0 Å². The van der Waals surface area contributed by atoms with Gasteiger partial charge in [0.15, 0.2) is 0 Å². The Kier molecular flexibility index (Phi) is 3.16. The molecule has 0 aromatic rings. The van der Waals surface area contributed by atoms with E-state index in [1.807, 2.05) is 0 Å². The predicted molar refractivity (Wildman–Crippen MR) is 41.6 cm³/mol. The van der Waals surface area contributed by atoms with Crippen LogP contribution in [0.4, 0.5) is 0 Å². The summed E-state index contributed by atoms with van der Waals surface area (Å²) in [6.07, 6.45) is 5.98. The van der Waals surface area contributed by atoms with Crippen LogP contribution in [0.3, 0.4) is 0 Å². The van der Waals surface area contributed by atoms with Crippen molar-refractivity contribution in [3.8, 4) is 0 Å². The summed E-state index contributed by atoms with van der Waals surface area (Å²) in [5.41, 5.74) is 5.30. The Morgan fingerprint density at radius 2 is 2.00 bits per heavy atom. The van der Waals surface area contributed by atoms with E-state index in [2.05, 4.69) is 0 Å². The summed E-state index contributed by atoms with van der Waals surface area (Å²) in [5.74, 6) is 0.763. The van der Waals surface area contributed by atoms with E-state index in [-0.39, 0.29) is 6.10 Å². The first-order valence-corrected chi connectivity index (χ1v) is 4.21. The van der Waals surface area contributed by atoms with Gasteiger partial charge in [0.05, 0.1) is 6.10 Å². The average Bonchev–Trinajstić information content (AvgIpc) is 2.40. The number of hydrogen-bond acceptors (Lipinski definition) is 2. The summed E-state index contributed by atoms with van der Waals surface area (Å²) >= 11 is 0. The van der Waals surface area contributed by atoms with Crippen LogP contribution in [0.25, 0.3) is 0 Å². The Balaban J connectivity index is 2.11. The van der Waals surface area contributed by atoms with Gasteiger partial charge in [0.25, 0.3) is 0 Å². The zero-order valence-corrected chi connectivity index (χ0v) is 6.42. The van der Waals surface area contributed by atoms with Gasteiger partial charge in [0, 0.05) is 6.54 Å². The molecule has 2 heteroatoms. The largest absolute Gasteiger partial charge is 0.392 e. The van der Waals surface area contributed by atoms with Crippen LogP contribution in [0.5, 0.6) is 0 Å². The summed E-state index contributed by atoms with van der Waals surface area (Å²) in [6, 6.07) is 0. The second-order valence-electron chi connectivity index (χ2n) is 3.28. The molecular weight excluding hydrogens is 126 g/mol. The molecule has 10 heavy (non-hydrogen) atoms. The fraction of sp³-hybridized carbons (Fsp3) is 1.00. The minimum Gasteiger partial charge on any atom is -0.392 e. The maximum absolute atomic E-state index is 9.19. The molecule has 0 aromatic heterocycles. The second kappa shape index (κ2) is 3.94. The molecule has 1 aliphatic carbocycles. The number of nitrogens with two attached hydrogens (primary N) is 1. The topological polar surface area (TPSA) is 46.2 Å². The molecule has 0 saturated heterocycles. The van der Waals surface area contributed by atoms with E-state index >= 15 is 0 Å². The molecule has 1 aliphatic rings. The van der Waals surface area contributed by atoms with Gasteiger partial charge in [-0.25, -0.2) is 0 Å². The van der Waals surface area contributed by atoms with Crippen molar-refractivity contribution in [1.82, 2.24) is 0 Å². The Morgan fingerprint density at radius 1 is 1.40 bits per heavy atom. The van der Waals surface area contributed by atoms with Crippen LogP contribution in [0, 0.1) is 5.92 Å². The van der Waals surface area contributed by atoms with Gasteiger partial charge in [-0.05, 0) is 12.3 Å². The van der Waals surface area contributed by atoms with Gasteiger partial charge in [-0.2, -0.15) is 0 Å². The molecule has 2 nitrogen and oxygen atoms in total. The second-order valence-corrected chi connectivity index (χ2v) is 3.28. The van der Waals surface area contributed by atoms with Gasteiger partial charge in [-0.1, -0.05) is 25.7 Å². The zero-order valence-electron chi connectivity index (χ0n) is 6.42. The van der Waals surface area contributed by atoms with Gasteiger partial charge < -0.3 is 10.8 Å². The summed E-state index contributed by atoms with van der Waals surface area (Å²) < 4.78 is 0. The molecule has 0 radical (unpaired) electrons. The van der Waals surface area contributed by atoms with Crippen molar-refractivity contribution >= 4 is 0 Å². The van der Waals surface area contributed by atoms with Gasteiger partial charge in [0.1, 0.15) is 0 Å². The van der Waals surface area contributed by atoms with Crippen molar-refractivity contribution in [3.05, 3.63) is 0 Å². The van der Waals surface area contributed by atoms with Crippen molar-refractivity contribution in [2.24, 2.45) is 11.7 Å². The normalized spacial score (nSPS) is 23.4. The van der Waals surface area contributed by atoms with Crippen LogP contribution >= 0.6 is 0 Å². The summed E-state index contributed by atoms with van der Waals surface area (Å²) in [7, 11) is 0. The average molecular weight is 143 g/mol. The monoisotopic (exact) mass is 143 g/mol. The molecule has 3 N–H and O–H groups in total. The summed E-state index contributed by atoms with van der Waals surface area (Å²) in [4.78, 5) is 0. The van der Waals surface area contributed by atoms with E-state index in [1.165, 1.54) is 25.7 Å². The van der Waals surface area contributed by atoms with E-state index in [1.54, 1.807) is 0 Å². The first kappa shape index (κ1) is 8.02. The molecule has 0 heterocycles. The van der Waals surface area contributed by atoms with E-state index in [0.717, 1.165) is 12.3 Å². The molecular formula is C8H17NO. The van der Waals surface area contributed by atoms with E-state index in [4.69, 9.17) is 5.73 Å². The lowest BCUT2D eigenvalue weighted by atomic mass is 10.0. The van der Waals surface area contributed by atoms with Crippen LogP contribution in [0.15, 0.2) is 0 Å². The molecule has 0 bridgehead atoms. The van der Waals surface area contributed by atoms with Crippen LogP contribution in [-0.2, 0) is 0 Å². The minimum absolute atomic E-state index is 0.247. The highest BCUT2D eigenvalue weighted by molar-refractivity contribution is 4.71. The number of hydrogen-bond donors (Lipinski definition) is 2. The quantitative estimate of drug-likeness (QED) is 0.616. The molecule has 0 amide bonds. The number of aliphatic hydroxyl groups excluding tert-OH is 1. The molecule has 1 saturated carbocycles. The highest BCUT2D eigenvalue weighted by atomic mass is 16.3. The minimum atomic E-state index is -0.247. The fourth-order valence-corrected chi connectivity index (χ4v) is 1.73. The maximum Gasteiger partial charge on any atom is 0.0665 e. The molecule has 0 aromatic carbocycles. The lowest BCUT2D eigenvalue weighted by Gasteiger charge is -2.12. The summed E-state index contributed by atoms with van der Waals surface area (Å²) in [6.45, 7) is 0.427. The smallest absolute Gasteiger partial charge is 0.0665 e. The van der Waals surface area contributed by atoms with Crippen molar-refractivity contribution < 1.29 is 5.11 Å². The first-order chi connectivity index (χ1) is 4.83. The first-order valence-electron chi connectivity index (χ1n) is 4.21. The fourth-order valence-electron chi connectivity index (χ4n) is 1.73. The Bertz CT molecular complexity index is 89.3. The Labute approximate surface area is 62.4 Å². The van der Waals surface area contributed by atoms with Gasteiger partial charge in [-0.15, -0.1) is 0 Å². The third-order valence-corrected chi connectivity index (χ3v) is 2.35. The van der Waals surface area contributed by atoms with Crippen molar-refractivity contribution in [2.45, 2.75) is 38.2 Å². The van der Waals surface area contributed by atoms with E-state index in [9.17, 15) is 5.11 Å². The van der Waals surface area contributed by atoms with Crippen LogP contribution in [0.1, 0.15) is 32.1 Å². The van der Waals surface area contributed by atoms with Gasteiger partial charge in [-0.3, -0.25) is 0 Å². The molecule has 1 atom stereocenters. The van der Waals surface area contributed by atoms with Gasteiger partial charge in [0.2, 0.25) is 0 Å².